The molecule has 0 aromatic heterocycles. The zero-order chi connectivity index (χ0) is 13.7. The fraction of sp³-hybridized carbons (Fsp3) is 0.308. The number of rotatable bonds is 5. The standard InChI is InChI=1S/C13H13FO4/c1-3-18-13(17)11(8(2)15)12(16)9-4-6-10(14)7-5-9/h4-7,11H,3H2,1-2H3/t11-/m0/s1. The summed E-state index contributed by atoms with van der Waals surface area (Å²) in [5, 5.41) is 0. The van der Waals surface area contributed by atoms with Crippen molar-refractivity contribution >= 4 is 17.5 Å². The fourth-order valence-corrected chi connectivity index (χ4v) is 1.46. The number of ether oxygens (including phenoxy) is 1. The van der Waals surface area contributed by atoms with Gasteiger partial charge in [-0.25, -0.2) is 4.39 Å². The van der Waals surface area contributed by atoms with Gasteiger partial charge in [0.25, 0.3) is 0 Å². The molecule has 0 bridgehead atoms. The third kappa shape index (κ3) is 3.23. The van der Waals surface area contributed by atoms with Crippen molar-refractivity contribution in [1.82, 2.24) is 0 Å². The molecule has 96 valence electrons. The van der Waals surface area contributed by atoms with Gasteiger partial charge in [-0.05, 0) is 38.1 Å². The summed E-state index contributed by atoms with van der Waals surface area (Å²) in [6.07, 6.45) is 0. The number of hydrogen-bond acceptors (Lipinski definition) is 4. The first kappa shape index (κ1) is 14.0. The van der Waals surface area contributed by atoms with Gasteiger partial charge < -0.3 is 4.74 Å². The monoisotopic (exact) mass is 252 g/mol. The summed E-state index contributed by atoms with van der Waals surface area (Å²) in [5.41, 5.74) is 0.102. The van der Waals surface area contributed by atoms with Gasteiger partial charge in [-0.1, -0.05) is 0 Å². The normalized spacial score (nSPS) is 11.7. The van der Waals surface area contributed by atoms with Crippen LogP contribution in [0.15, 0.2) is 24.3 Å². The number of Topliss-reactive ketones (excluding diaryl/α,β-unsaturated/α-hetero) is 2. The lowest BCUT2D eigenvalue weighted by Gasteiger charge is -2.11. The van der Waals surface area contributed by atoms with Crippen LogP contribution in [0.2, 0.25) is 0 Å². The third-order valence-electron chi connectivity index (χ3n) is 2.32. The van der Waals surface area contributed by atoms with Crippen LogP contribution in [-0.4, -0.2) is 24.1 Å². The van der Waals surface area contributed by atoms with Crippen LogP contribution in [0.5, 0.6) is 0 Å². The molecule has 0 heterocycles. The molecule has 1 aromatic rings. The van der Waals surface area contributed by atoms with Crippen LogP contribution >= 0.6 is 0 Å². The topological polar surface area (TPSA) is 60.4 Å². The number of hydrogen-bond donors (Lipinski definition) is 0. The van der Waals surface area contributed by atoms with Gasteiger partial charge in [0, 0.05) is 5.56 Å². The number of ketones is 2. The van der Waals surface area contributed by atoms with Crippen LogP contribution in [-0.2, 0) is 14.3 Å². The second kappa shape index (κ2) is 6.05. The molecule has 0 aliphatic heterocycles. The number of halogens is 1. The van der Waals surface area contributed by atoms with E-state index in [0.29, 0.717) is 0 Å². The first-order chi connectivity index (χ1) is 8.47. The van der Waals surface area contributed by atoms with Crippen molar-refractivity contribution in [2.45, 2.75) is 13.8 Å². The second-order valence-electron chi connectivity index (χ2n) is 3.67. The Balaban J connectivity index is 3.00. The first-order valence-electron chi connectivity index (χ1n) is 5.44. The predicted octanol–water partition coefficient (Wildman–Crippen LogP) is 1.78. The van der Waals surface area contributed by atoms with Gasteiger partial charge in [-0.15, -0.1) is 0 Å². The highest BCUT2D eigenvalue weighted by Gasteiger charge is 2.33. The van der Waals surface area contributed by atoms with Crippen LogP contribution in [0.3, 0.4) is 0 Å². The molecule has 0 radical (unpaired) electrons. The summed E-state index contributed by atoms with van der Waals surface area (Å²) in [6.45, 7) is 2.81. The van der Waals surface area contributed by atoms with Gasteiger partial charge in [-0.2, -0.15) is 0 Å². The maximum Gasteiger partial charge on any atom is 0.324 e. The van der Waals surface area contributed by atoms with E-state index in [4.69, 9.17) is 0 Å². The van der Waals surface area contributed by atoms with Crippen LogP contribution < -0.4 is 0 Å². The van der Waals surface area contributed by atoms with Crippen LogP contribution in [0.25, 0.3) is 0 Å². The molecule has 0 spiro atoms. The van der Waals surface area contributed by atoms with E-state index >= 15 is 0 Å². The van der Waals surface area contributed by atoms with Crippen molar-refractivity contribution in [2.24, 2.45) is 5.92 Å². The molecular weight excluding hydrogens is 239 g/mol. The van der Waals surface area contributed by atoms with Gasteiger partial charge in [0.1, 0.15) is 5.82 Å². The molecule has 0 saturated carbocycles. The van der Waals surface area contributed by atoms with Crippen LogP contribution in [0.1, 0.15) is 24.2 Å². The first-order valence-corrected chi connectivity index (χ1v) is 5.44. The minimum atomic E-state index is -1.48. The van der Waals surface area contributed by atoms with Gasteiger partial charge in [-0.3, -0.25) is 14.4 Å². The molecule has 1 rings (SSSR count). The van der Waals surface area contributed by atoms with Gasteiger partial charge >= 0.3 is 5.97 Å². The van der Waals surface area contributed by atoms with Crippen LogP contribution in [0.4, 0.5) is 4.39 Å². The SMILES string of the molecule is CCOC(=O)[C@@H](C(C)=O)C(=O)c1ccc(F)cc1. The smallest absolute Gasteiger partial charge is 0.324 e. The van der Waals surface area contributed by atoms with Crippen LogP contribution in [0, 0.1) is 11.7 Å². The lowest BCUT2D eigenvalue weighted by molar-refractivity contribution is -0.148. The maximum absolute atomic E-state index is 12.7. The molecule has 0 amide bonds. The molecule has 0 N–H and O–H groups in total. The highest BCUT2D eigenvalue weighted by atomic mass is 19.1. The number of esters is 1. The molecule has 1 aromatic carbocycles. The van der Waals surface area contributed by atoms with E-state index in [2.05, 4.69) is 4.74 Å². The highest BCUT2D eigenvalue weighted by molar-refractivity contribution is 6.21. The Morgan fingerprint density at radius 3 is 2.22 bits per heavy atom. The van der Waals surface area contributed by atoms with Gasteiger partial charge in [0.15, 0.2) is 17.5 Å². The van der Waals surface area contributed by atoms with Crippen molar-refractivity contribution in [1.29, 1.82) is 0 Å². The van der Waals surface area contributed by atoms with Gasteiger partial charge in [0.2, 0.25) is 0 Å². The van der Waals surface area contributed by atoms with Crippen molar-refractivity contribution in [3.63, 3.8) is 0 Å². The number of benzene rings is 1. The largest absolute Gasteiger partial charge is 0.465 e. The molecule has 0 fully saturated rings. The second-order valence-corrected chi connectivity index (χ2v) is 3.67. The summed E-state index contributed by atoms with van der Waals surface area (Å²) in [7, 11) is 0. The maximum atomic E-state index is 12.7. The van der Waals surface area contributed by atoms with Crippen molar-refractivity contribution in [2.75, 3.05) is 6.61 Å². The Kier molecular flexibility index (Phi) is 4.71. The van der Waals surface area contributed by atoms with Gasteiger partial charge in [0.05, 0.1) is 6.61 Å². The Hall–Kier alpha value is -2.04. The Morgan fingerprint density at radius 1 is 1.22 bits per heavy atom. The summed E-state index contributed by atoms with van der Waals surface area (Å²) >= 11 is 0. The van der Waals surface area contributed by atoms with E-state index in [0.717, 1.165) is 19.1 Å². The van der Waals surface area contributed by atoms with Crippen molar-refractivity contribution in [3.8, 4) is 0 Å². The number of carbonyl (C=O) groups excluding carboxylic acids is 3. The fourth-order valence-electron chi connectivity index (χ4n) is 1.46. The van der Waals surface area contributed by atoms with E-state index in [-0.39, 0.29) is 12.2 Å². The van der Waals surface area contributed by atoms with E-state index in [1.165, 1.54) is 12.1 Å². The summed E-state index contributed by atoms with van der Waals surface area (Å²) < 4.78 is 17.4. The zero-order valence-electron chi connectivity index (χ0n) is 10.1. The average molecular weight is 252 g/mol. The van der Waals surface area contributed by atoms with E-state index in [9.17, 15) is 18.8 Å². The average Bonchev–Trinajstić information content (AvgIpc) is 2.29. The molecule has 18 heavy (non-hydrogen) atoms. The van der Waals surface area contributed by atoms with E-state index in [1.807, 2.05) is 0 Å². The summed E-state index contributed by atoms with van der Waals surface area (Å²) in [4.78, 5) is 34.8. The molecule has 0 unspecified atom stereocenters. The summed E-state index contributed by atoms with van der Waals surface area (Å²) in [6, 6.07) is 4.64. The van der Waals surface area contributed by atoms with Crippen molar-refractivity contribution < 1.29 is 23.5 Å². The minimum absolute atomic E-state index is 0.0826. The minimum Gasteiger partial charge on any atom is -0.465 e. The quantitative estimate of drug-likeness (QED) is 0.455. The van der Waals surface area contributed by atoms with Crippen molar-refractivity contribution in [3.05, 3.63) is 35.6 Å². The number of carbonyl (C=O) groups is 3. The zero-order valence-corrected chi connectivity index (χ0v) is 10.1. The summed E-state index contributed by atoms with van der Waals surface area (Å²) in [5.74, 6) is -4.12. The molecular formula is C13H13FO4. The molecule has 1 atom stereocenters. The Morgan fingerprint density at radius 2 is 1.78 bits per heavy atom. The predicted molar refractivity (Wildman–Crippen MR) is 61.5 cm³/mol. The van der Waals surface area contributed by atoms with E-state index in [1.54, 1.807) is 6.92 Å². The third-order valence-corrected chi connectivity index (χ3v) is 2.32. The Labute approximate surface area is 104 Å². The molecule has 4 nitrogen and oxygen atoms in total. The highest BCUT2D eigenvalue weighted by Crippen LogP contribution is 2.13. The Bertz CT molecular complexity index is 464. The lowest BCUT2D eigenvalue weighted by Crippen LogP contribution is -2.32. The molecule has 5 heteroatoms. The lowest BCUT2D eigenvalue weighted by atomic mass is 9.94. The van der Waals surface area contributed by atoms with E-state index < -0.39 is 29.3 Å². The molecule has 0 aliphatic rings. The molecule has 0 aliphatic carbocycles. The molecule has 0 saturated heterocycles.